The van der Waals surface area contributed by atoms with Crippen molar-refractivity contribution in [1.82, 2.24) is 0 Å². The number of carboxylic acid groups (broad SMARTS) is 1. The predicted octanol–water partition coefficient (Wildman–Crippen LogP) is 10.8. The largest absolute Gasteiger partial charge is 0.480 e. The molecule has 0 saturated heterocycles. The number of allylic oxidation sites excluding steroid dienone is 5. The summed E-state index contributed by atoms with van der Waals surface area (Å²) >= 11 is 0. The fraction of sp³-hybridized carbons (Fsp3) is 0.750. The summed E-state index contributed by atoms with van der Waals surface area (Å²) in [5.74, 6) is 0.0269. The molecule has 47 heavy (non-hydrogen) atoms. The third kappa shape index (κ3) is 7.78. The molecule has 4 unspecified atom stereocenters. The van der Waals surface area contributed by atoms with E-state index in [1.165, 1.54) is 18.4 Å². The Morgan fingerprint density at radius 1 is 0.957 bits per heavy atom. The quantitative estimate of drug-likeness (QED) is 0.141. The molecule has 4 fully saturated rings. The minimum absolute atomic E-state index is 0.0252. The predicted molar refractivity (Wildman–Crippen MR) is 199 cm³/mol. The van der Waals surface area contributed by atoms with Crippen LogP contribution in [-0.4, -0.2) is 45.7 Å². The third-order valence-corrected chi connectivity index (χ3v) is 22.6. The number of fused-ring (bicyclic) bond motifs is 1. The van der Waals surface area contributed by atoms with Crippen LogP contribution in [0.25, 0.3) is 0 Å². The monoisotopic (exact) mass is 682 g/mol. The van der Waals surface area contributed by atoms with Crippen molar-refractivity contribution < 1.29 is 23.5 Å². The second-order valence-corrected chi connectivity index (χ2v) is 28.3. The topological polar surface area (TPSA) is 72.8 Å². The van der Waals surface area contributed by atoms with Gasteiger partial charge in [0.15, 0.2) is 22.4 Å². The Morgan fingerprint density at radius 2 is 1.55 bits per heavy atom. The number of ketones is 1. The first kappa shape index (κ1) is 38.3. The molecule has 0 radical (unpaired) electrons. The summed E-state index contributed by atoms with van der Waals surface area (Å²) in [4.78, 5) is 24.4. The molecule has 0 aromatic carbocycles. The molecule has 0 aromatic heterocycles. The van der Waals surface area contributed by atoms with E-state index < -0.39 is 28.0 Å². The van der Waals surface area contributed by atoms with Gasteiger partial charge in [-0.1, -0.05) is 85.8 Å². The minimum atomic E-state index is -2.02. The molecule has 0 amide bonds. The van der Waals surface area contributed by atoms with Crippen molar-refractivity contribution in [2.24, 2.45) is 28.6 Å². The molecule has 4 aliphatic carbocycles. The van der Waals surface area contributed by atoms with Crippen molar-refractivity contribution in [3.05, 3.63) is 47.6 Å². The number of carbonyl (C=O) groups is 2. The first-order valence-corrected chi connectivity index (χ1v) is 24.2. The van der Waals surface area contributed by atoms with Crippen molar-refractivity contribution in [3.63, 3.8) is 0 Å². The molecule has 4 aliphatic rings. The standard InChI is InChI=1S/C40H66O5Si2/c1-27(16-21-35(41)40(23-24-40)36(42)43)32-19-20-33-29(15-14-22-39(32,33)9)17-18-30-25-31(44-46(10,11)37(3,4)5)26-34(28(30)2)45-47(12,13)38(6,7)8/h16-18,21,27,31-34H,2,14-15,19-20,22-26H2,1,3-13H3,(H,42,43)/b21-16+,29-17+,30-18+/t27-,31?,32?,33?,34?,39-/m1/s1. The lowest BCUT2D eigenvalue weighted by molar-refractivity contribution is -0.146. The van der Waals surface area contributed by atoms with Gasteiger partial charge in [0.2, 0.25) is 0 Å². The summed E-state index contributed by atoms with van der Waals surface area (Å²) in [6.45, 7) is 32.6. The van der Waals surface area contributed by atoms with Crippen molar-refractivity contribution >= 4 is 28.4 Å². The Kier molecular flexibility index (Phi) is 10.8. The summed E-state index contributed by atoms with van der Waals surface area (Å²) in [6, 6.07) is 0. The fourth-order valence-corrected chi connectivity index (χ4v) is 10.8. The van der Waals surface area contributed by atoms with Crippen LogP contribution in [0.15, 0.2) is 47.6 Å². The molecule has 7 heteroatoms. The third-order valence-electron chi connectivity index (χ3n) is 13.6. The van der Waals surface area contributed by atoms with Crippen molar-refractivity contribution in [2.45, 2.75) is 162 Å². The molecule has 264 valence electrons. The van der Waals surface area contributed by atoms with E-state index in [1.54, 1.807) is 11.6 Å². The zero-order chi connectivity index (χ0) is 35.4. The van der Waals surface area contributed by atoms with E-state index >= 15 is 0 Å². The summed E-state index contributed by atoms with van der Waals surface area (Å²) in [7, 11) is -3.99. The van der Waals surface area contributed by atoms with Gasteiger partial charge >= 0.3 is 5.97 Å². The highest BCUT2D eigenvalue weighted by atomic mass is 28.4. The zero-order valence-corrected chi connectivity index (χ0v) is 33.8. The van der Waals surface area contributed by atoms with E-state index in [2.05, 4.69) is 100 Å². The van der Waals surface area contributed by atoms with Gasteiger partial charge in [-0.25, -0.2) is 0 Å². The van der Waals surface area contributed by atoms with E-state index in [9.17, 15) is 14.7 Å². The molecule has 1 N–H and O–H groups in total. The molecular formula is C40H66O5Si2. The van der Waals surface area contributed by atoms with Gasteiger partial charge in [-0.2, -0.15) is 0 Å². The number of hydrogen-bond donors (Lipinski definition) is 1. The molecule has 0 aromatic rings. The summed E-state index contributed by atoms with van der Waals surface area (Å²) in [5.41, 5.74) is 2.97. The van der Waals surface area contributed by atoms with Crippen molar-refractivity contribution in [2.75, 3.05) is 0 Å². The van der Waals surface area contributed by atoms with Crippen LogP contribution in [0.3, 0.4) is 0 Å². The first-order valence-electron chi connectivity index (χ1n) is 18.4. The molecule has 5 nitrogen and oxygen atoms in total. The van der Waals surface area contributed by atoms with Gasteiger partial charge in [0.05, 0.1) is 12.2 Å². The highest BCUT2D eigenvalue weighted by molar-refractivity contribution is 6.74. The van der Waals surface area contributed by atoms with Crippen LogP contribution in [0.2, 0.25) is 36.3 Å². The lowest BCUT2D eigenvalue weighted by Gasteiger charge is -2.45. The van der Waals surface area contributed by atoms with Crippen LogP contribution in [-0.2, 0) is 18.4 Å². The highest BCUT2D eigenvalue weighted by Crippen LogP contribution is 2.60. The van der Waals surface area contributed by atoms with E-state index in [-0.39, 0.29) is 39.4 Å². The normalized spacial score (nSPS) is 32.6. The lowest BCUT2D eigenvalue weighted by atomic mass is 9.61. The number of hydrogen-bond acceptors (Lipinski definition) is 4. The lowest BCUT2D eigenvalue weighted by Crippen LogP contribution is -2.49. The van der Waals surface area contributed by atoms with Crippen molar-refractivity contribution in [3.8, 4) is 0 Å². The van der Waals surface area contributed by atoms with Crippen LogP contribution < -0.4 is 0 Å². The molecule has 4 saturated carbocycles. The summed E-state index contributed by atoms with van der Waals surface area (Å²) < 4.78 is 14.1. The average molecular weight is 683 g/mol. The maximum Gasteiger partial charge on any atom is 0.317 e. The molecule has 0 bridgehead atoms. The van der Waals surface area contributed by atoms with Crippen LogP contribution >= 0.6 is 0 Å². The number of rotatable bonds is 10. The molecule has 4 rings (SSSR count). The van der Waals surface area contributed by atoms with Gasteiger partial charge in [0, 0.05) is 6.42 Å². The van der Waals surface area contributed by atoms with E-state index in [1.807, 2.05) is 6.08 Å². The van der Waals surface area contributed by atoms with Gasteiger partial charge in [0.1, 0.15) is 5.41 Å². The van der Waals surface area contributed by atoms with Crippen molar-refractivity contribution in [1.29, 1.82) is 0 Å². The van der Waals surface area contributed by atoms with Crippen LogP contribution in [0.4, 0.5) is 0 Å². The Labute approximate surface area is 289 Å². The molecule has 6 atom stereocenters. The Balaban J connectivity index is 1.57. The SMILES string of the molecule is C=C1/C(=C/C=C2\CCC[C@@]3(C)C2CCC3[C@H](C)/C=C/C(=O)C2(C(=O)O)CC2)CC(O[Si](C)(C)C(C)(C)C)CC1O[Si](C)(C)C(C)(C)C. The number of aliphatic carboxylic acids is 1. The van der Waals surface area contributed by atoms with E-state index in [4.69, 9.17) is 8.85 Å². The average Bonchev–Trinajstić information content (AvgIpc) is 3.67. The smallest absolute Gasteiger partial charge is 0.317 e. The number of carboxylic acids is 1. The summed E-state index contributed by atoms with van der Waals surface area (Å²) in [6.07, 6.45) is 17.0. The van der Waals surface area contributed by atoms with Gasteiger partial charge < -0.3 is 14.0 Å². The maximum atomic E-state index is 12.8. The van der Waals surface area contributed by atoms with Crippen LogP contribution in [0.5, 0.6) is 0 Å². The van der Waals surface area contributed by atoms with Gasteiger partial charge in [0.25, 0.3) is 0 Å². The second-order valence-electron chi connectivity index (χ2n) is 18.8. The molecule has 0 aliphatic heterocycles. The highest BCUT2D eigenvalue weighted by Gasteiger charge is 2.56. The Bertz CT molecular complexity index is 1320. The maximum absolute atomic E-state index is 12.8. The van der Waals surface area contributed by atoms with Crippen LogP contribution in [0, 0.1) is 28.6 Å². The van der Waals surface area contributed by atoms with Gasteiger partial charge in [-0.3, -0.25) is 9.59 Å². The van der Waals surface area contributed by atoms with Crippen LogP contribution in [0.1, 0.15) is 113 Å². The fourth-order valence-electron chi connectivity index (χ4n) is 8.13. The van der Waals surface area contributed by atoms with Gasteiger partial charge in [-0.05, 0) is 128 Å². The Hall–Kier alpha value is -1.55. The minimum Gasteiger partial charge on any atom is -0.480 e. The molecule has 0 spiro atoms. The molecule has 0 heterocycles. The first-order chi connectivity index (χ1) is 21.4. The van der Waals surface area contributed by atoms with E-state index in [0.29, 0.717) is 24.7 Å². The second kappa shape index (κ2) is 13.3. The zero-order valence-electron chi connectivity index (χ0n) is 31.8. The van der Waals surface area contributed by atoms with Gasteiger partial charge in [-0.15, -0.1) is 0 Å². The number of carbonyl (C=O) groups excluding carboxylic acids is 1. The Morgan fingerprint density at radius 3 is 2.11 bits per heavy atom. The summed E-state index contributed by atoms with van der Waals surface area (Å²) in [5, 5.41) is 9.81. The molecular weight excluding hydrogens is 617 g/mol. The van der Waals surface area contributed by atoms with E-state index in [0.717, 1.165) is 37.7 Å².